The lowest BCUT2D eigenvalue weighted by Crippen LogP contribution is -2.23. The van der Waals surface area contributed by atoms with Gasteiger partial charge in [0.05, 0.1) is 5.75 Å². The van der Waals surface area contributed by atoms with E-state index in [2.05, 4.69) is 20.6 Å². The lowest BCUT2D eigenvalue weighted by Gasteiger charge is -2.08. The van der Waals surface area contributed by atoms with Gasteiger partial charge in [-0.25, -0.2) is 9.97 Å². The molecule has 8 heteroatoms. The van der Waals surface area contributed by atoms with Crippen LogP contribution < -0.4 is 10.6 Å². The number of carbonyl (C=O) groups is 2. The summed E-state index contributed by atoms with van der Waals surface area (Å²) in [5.41, 5.74) is 2.50. The first kappa shape index (κ1) is 18.9. The molecule has 0 unspecified atom stereocenters. The molecule has 0 saturated carbocycles. The summed E-state index contributed by atoms with van der Waals surface area (Å²) in [6.45, 7) is 2.43. The van der Waals surface area contributed by atoms with Gasteiger partial charge in [-0.3, -0.25) is 9.59 Å². The number of nitrogens with one attached hydrogen (secondary N) is 2. The topological polar surface area (TPSA) is 84.0 Å². The molecule has 2 aromatic heterocycles. The van der Waals surface area contributed by atoms with Crippen molar-refractivity contribution in [2.75, 3.05) is 17.6 Å². The first-order chi connectivity index (χ1) is 13.7. The summed E-state index contributed by atoms with van der Waals surface area (Å²) in [6.07, 6.45) is 4.93. The number of thioether (sulfide) groups is 1. The number of anilines is 1. The molecule has 1 aromatic carbocycles. The molecule has 6 nitrogen and oxygen atoms in total. The van der Waals surface area contributed by atoms with Gasteiger partial charge in [0.25, 0.3) is 5.91 Å². The molecule has 0 aliphatic heterocycles. The second kappa shape index (κ2) is 8.28. The van der Waals surface area contributed by atoms with Crippen LogP contribution in [-0.4, -0.2) is 34.1 Å². The molecule has 0 spiro atoms. The largest absolute Gasteiger partial charge is 0.352 e. The van der Waals surface area contributed by atoms with E-state index in [1.54, 1.807) is 41.9 Å². The first-order valence-corrected chi connectivity index (χ1v) is 11.0. The van der Waals surface area contributed by atoms with E-state index in [4.69, 9.17) is 0 Å². The molecule has 0 radical (unpaired) electrons. The second-order valence-corrected chi connectivity index (χ2v) is 8.54. The van der Waals surface area contributed by atoms with Crippen LogP contribution >= 0.6 is 23.1 Å². The van der Waals surface area contributed by atoms with Crippen molar-refractivity contribution in [3.63, 3.8) is 0 Å². The Morgan fingerprint density at radius 2 is 2.14 bits per heavy atom. The third kappa shape index (κ3) is 3.88. The third-order valence-electron chi connectivity index (χ3n) is 4.55. The fraction of sp³-hybridized carbons (Fsp3) is 0.300. The normalized spacial score (nSPS) is 12.8. The molecule has 2 amide bonds. The highest BCUT2D eigenvalue weighted by Gasteiger charge is 2.21. The molecule has 144 valence electrons. The number of carbonyl (C=O) groups excluding carboxylic acids is 2. The molecular weight excluding hydrogens is 392 g/mol. The Bertz CT molecular complexity index is 1050. The van der Waals surface area contributed by atoms with Crippen molar-refractivity contribution in [1.82, 2.24) is 15.3 Å². The van der Waals surface area contributed by atoms with Crippen LogP contribution in [0.25, 0.3) is 10.2 Å². The number of hydrogen-bond acceptors (Lipinski definition) is 6. The highest BCUT2D eigenvalue weighted by molar-refractivity contribution is 8.00. The van der Waals surface area contributed by atoms with Gasteiger partial charge in [0.1, 0.15) is 16.2 Å². The number of rotatable bonds is 6. The lowest BCUT2D eigenvalue weighted by molar-refractivity contribution is -0.113. The summed E-state index contributed by atoms with van der Waals surface area (Å²) in [4.78, 5) is 35.6. The minimum Gasteiger partial charge on any atom is -0.352 e. The Hall–Kier alpha value is -2.45. The van der Waals surface area contributed by atoms with Gasteiger partial charge in [-0.1, -0.05) is 17.8 Å². The van der Waals surface area contributed by atoms with Crippen molar-refractivity contribution in [3.05, 3.63) is 46.6 Å². The predicted molar refractivity (Wildman–Crippen MR) is 113 cm³/mol. The maximum Gasteiger partial charge on any atom is 0.251 e. The zero-order chi connectivity index (χ0) is 19.5. The Kier molecular flexibility index (Phi) is 5.59. The molecule has 1 aliphatic carbocycles. The average Bonchev–Trinajstić information content (AvgIpc) is 3.28. The van der Waals surface area contributed by atoms with E-state index in [0.29, 0.717) is 17.8 Å². The lowest BCUT2D eigenvalue weighted by atomic mass is 10.2. The van der Waals surface area contributed by atoms with Crippen molar-refractivity contribution in [2.24, 2.45) is 0 Å². The zero-order valence-corrected chi connectivity index (χ0v) is 17.1. The predicted octanol–water partition coefficient (Wildman–Crippen LogP) is 3.66. The molecule has 1 aliphatic rings. The fourth-order valence-corrected chi connectivity index (χ4v) is 5.46. The van der Waals surface area contributed by atoms with Crippen LogP contribution in [0.5, 0.6) is 0 Å². The summed E-state index contributed by atoms with van der Waals surface area (Å²) >= 11 is 3.17. The molecule has 0 fully saturated rings. The van der Waals surface area contributed by atoms with Gasteiger partial charge < -0.3 is 10.6 Å². The maximum atomic E-state index is 12.4. The smallest absolute Gasteiger partial charge is 0.251 e. The monoisotopic (exact) mass is 412 g/mol. The number of aromatic nitrogens is 2. The van der Waals surface area contributed by atoms with Crippen molar-refractivity contribution in [3.8, 4) is 0 Å². The third-order valence-corrected chi connectivity index (χ3v) is 6.74. The molecule has 3 aromatic rings. The number of fused-ring (bicyclic) bond motifs is 3. The Balaban J connectivity index is 1.44. The molecule has 4 rings (SSSR count). The maximum absolute atomic E-state index is 12.4. The van der Waals surface area contributed by atoms with Gasteiger partial charge in [0.15, 0.2) is 0 Å². The Labute approximate surface area is 171 Å². The van der Waals surface area contributed by atoms with E-state index in [-0.39, 0.29) is 17.6 Å². The fourth-order valence-electron chi connectivity index (χ4n) is 3.34. The van der Waals surface area contributed by atoms with Crippen LogP contribution in [0, 0.1) is 0 Å². The van der Waals surface area contributed by atoms with Crippen LogP contribution in [0.15, 0.2) is 35.6 Å². The van der Waals surface area contributed by atoms with Gasteiger partial charge in [-0.05, 0) is 49.9 Å². The standard InChI is InChI=1S/C20H20N4O2S2/c1-2-21-18(26)12-5-3-6-13(9-12)24-16(25)10-27-19-17-14-7-4-8-15(14)28-20(17)23-11-22-19/h3,5-6,9,11H,2,4,7-8,10H2,1H3,(H,21,26)(H,24,25). The van der Waals surface area contributed by atoms with E-state index < -0.39 is 0 Å². The van der Waals surface area contributed by atoms with E-state index >= 15 is 0 Å². The number of hydrogen-bond donors (Lipinski definition) is 2. The average molecular weight is 413 g/mol. The van der Waals surface area contributed by atoms with Crippen molar-refractivity contribution < 1.29 is 9.59 Å². The number of amides is 2. The first-order valence-electron chi connectivity index (χ1n) is 9.22. The van der Waals surface area contributed by atoms with Crippen LogP contribution in [0.2, 0.25) is 0 Å². The van der Waals surface area contributed by atoms with Crippen LogP contribution in [0.1, 0.15) is 34.1 Å². The molecule has 28 heavy (non-hydrogen) atoms. The minimum atomic E-state index is -0.150. The molecule has 0 bridgehead atoms. The number of nitrogens with zero attached hydrogens (tertiary/aromatic N) is 2. The summed E-state index contributed by atoms with van der Waals surface area (Å²) in [6, 6.07) is 6.95. The van der Waals surface area contributed by atoms with Gasteiger partial charge in [0.2, 0.25) is 5.91 Å². The number of benzene rings is 1. The van der Waals surface area contributed by atoms with Gasteiger partial charge in [-0.15, -0.1) is 11.3 Å². The minimum absolute atomic E-state index is 0.128. The highest BCUT2D eigenvalue weighted by Crippen LogP contribution is 2.39. The second-order valence-electron chi connectivity index (χ2n) is 6.49. The molecule has 0 saturated heterocycles. The summed E-state index contributed by atoms with van der Waals surface area (Å²) in [7, 11) is 0. The summed E-state index contributed by atoms with van der Waals surface area (Å²) in [5, 5.41) is 7.61. The Morgan fingerprint density at radius 3 is 3.00 bits per heavy atom. The van der Waals surface area contributed by atoms with Crippen molar-refractivity contribution in [1.29, 1.82) is 0 Å². The SMILES string of the molecule is CCNC(=O)c1cccc(NC(=O)CSc2ncnc3sc4c(c23)CCC4)c1. The molecule has 2 heterocycles. The van der Waals surface area contributed by atoms with Crippen molar-refractivity contribution in [2.45, 2.75) is 31.2 Å². The van der Waals surface area contributed by atoms with E-state index in [1.165, 1.54) is 28.6 Å². The zero-order valence-electron chi connectivity index (χ0n) is 15.4. The van der Waals surface area contributed by atoms with Gasteiger partial charge in [-0.2, -0.15) is 0 Å². The molecule has 0 atom stereocenters. The van der Waals surface area contributed by atoms with E-state index in [9.17, 15) is 9.59 Å². The van der Waals surface area contributed by atoms with Gasteiger partial charge >= 0.3 is 0 Å². The number of aryl methyl sites for hydroxylation is 2. The van der Waals surface area contributed by atoms with Crippen molar-refractivity contribution >= 4 is 50.8 Å². The quantitative estimate of drug-likeness (QED) is 0.477. The van der Waals surface area contributed by atoms with E-state index in [1.807, 2.05) is 6.92 Å². The highest BCUT2D eigenvalue weighted by atomic mass is 32.2. The number of thiophene rings is 1. The molecular formula is C20H20N4O2S2. The van der Waals surface area contributed by atoms with Gasteiger partial charge in [0, 0.05) is 28.1 Å². The van der Waals surface area contributed by atoms with E-state index in [0.717, 1.165) is 28.1 Å². The molecule has 2 N–H and O–H groups in total. The Morgan fingerprint density at radius 1 is 1.25 bits per heavy atom. The van der Waals surface area contributed by atoms with Crippen LogP contribution in [0.4, 0.5) is 5.69 Å². The van der Waals surface area contributed by atoms with Crippen LogP contribution in [-0.2, 0) is 17.6 Å². The van der Waals surface area contributed by atoms with Crippen LogP contribution in [0.3, 0.4) is 0 Å². The summed E-state index contributed by atoms with van der Waals surface area (Å²) in [5.74, 6) is -0.0263. The summed E-state index contributed by atoms with van der Waals surface area (Å²) < 4.78 is 0.